The minimum Gasteiger partial charge on any atom is -0.311 e. The molecule has 1 heterocycles. The maximum absolute atomic E-state index is 3.79. The van der Waals surface area contributed by atoms with Gasteiger partial charge < -0.3 is 10.2 Å². The van der Waals surface area contributed by atoms with Gasteiger partial charge in [0.25, 0.3) is 0 Å². The number of hydrogen-bond acceptors (Lipinski definition) is 2. The van der Waals surface area contributed by atoms with Crippen molar-refractivity contribution in [1.82, 2.24) is 10.2 Å². The van der Waals surface area contributed by atoms with Crippen molar-refractivity contribution >= 4 is 0 Å². The van der Waals surface area contributed by atoms with Gasteiger partial charge in [-0.05, 0) is 51.6 Å². The molecule has 0 bridgehead atoms. The predicted molar refractivity (Wildman–Crippen MR) is 76.3 cm³/mol. The lowest BCUT2D eigenvalue weighted by molar-refractivity contribution is 0.223. The monoisotopic (exact) mass is 240 g/mol. The summed E-state index contributed by atoms with van der Waals surface area (Å²) in [5, 5.41) is 3.79. The van der Waals surface area contributed by atoms with Crippen LogP contribution in [-0.4, -0.2) is 36.1 Å². The first-order valence-electron chi connectivity index (χ1n) is 7.42. The van der Waals surface area contributed by atoms with Gasteiger partial charge >= 0.3 is 0 Å². The van der Waals surface area contributed by atoms with Crippen molar-refractivity contribution in [3.8, 4) is 0 Å². The van der Waals surface area contributed by atoms with Crippen LogP contribution in [0.1, 0.15) is 54.4 Å². The van der Waals surface area contributed by atoms with E-state index < -0.39 is 0 Å². The Bertz CT molecular complexity index is 211. The lowest BCUT2D eigenvalue weighted by Gasteiger charge is -2.30. The Labute approximate surface area is 108 Å². The molecular weight excluding hydrogens is 208 g/mol. The van der Waals surface area contributed by atoms with Gasteiger partial charge in [-0.2, -0.15) is 0 Å². The highest BCUT2D eigenvalue weighted by molar-refractivity contribution is 4.85. The van der Waals surface area contributed by atoms with E-state index in [4.69, 9.17) is 0 Å². The van der Waals surface area contributed by atoms with Crippen molar-refractivity contribution < 1.29 is 0 Å². The van der Waals surface area contributed by atoms with Crippen LogP contribution < -0.4 is 5.32 Å². The predicted octanol–water partition coefficient (Wildman–Crippen LogP) is 3.13. The van der Waals surface area contributed by atoms with E-state index in [1.165, 1.54) is 25.9 Å². The molecule has 0 aromatic rings. The van der Waals surface area contributed by atoms with Crippen LogP contribution in [0.3, 0.4) is 0 Å². The van der Waals surface area contributed by atoms with Crippen LogP contribution in [-0.2, 0) is 0 Å². The number of likely N-dealkylation sites (tertiary alicyclic amines) is 1. The van der Waals surface area contributed by atoms with Gasteiger partial charge in [0.1, 0.15) is 0 Å². The van der Waals surface area contributed by atoms with Crippen molar-refractivity contribution in [3.63, 3.8) is 0 Å². The van der Waals surface area contributed by atoms with Crippen LogP contribution in [0.5, 0.6) is 0 Å². The van der Waals surface area contributed by atoms with Crippen LogP contribution >= 0.6 is 0 Å². The molecule has 1 fully saturated rings. The van der Waals surface area contributed by atoms with Crippen LogP contribution in [0.4, 0.5) is 0 Å². The average Bonchev–Trinajstić information content (AvgIpc) is 2.39. The molecule has 0 amide bonds. The summed E-state index contributed by atoms with van der Waals surface area (Å²) in [7, 11) is 0. The summed E-state index contributed by atoms with van der Waals surface area (Å²) in [4.78, 5) is 2.64. The van der Waals surface area contributed by atoms with E-state index in [1.54, 1.807) is 0 Å². The van der Waals surface area contributed by atoms with Gasteiger partial charge in [-0.3, -0.25) is 0 Å². The average molecular weight is 240 g/mol. The highest BCUT2D eigenvalue weighted by atomic mass is 15.2. The molecule has 17 heavy (non-hydrogen) atoms. The summed E-state index contributed by atoms with van der Waals surface area (Å²) in [6.07, 6.45) is 2.65. The summed E-state index contributed by atoms with van der Waals surface area (Å²) in [6.45, 7) is 16.5. The lowest BCUT2D eigenvalue weighted by Crippen LogP contribution is -2.42. The van der Waals surface area contributed by atoms with Crippen molar-refractivity contribution in [3.05, 3.63) is 0 Å². The Morgan fingerprint density at radius 1 is 0.941 bits per heavy atom. The molecule has 1 unspecified atom stereocenters. The molecule has 0 aromatic heterocycles. The molecule has 0 radical (unpaired) electrons. The fourth-order valence-corrected chi connectivity index (χ4v) is 3.10. The Balaban J connectivity index is 2.65. The van der Waals surface area contributed by atoms with Gasteiger partial charge in [-0.25, -0.2) is 0 Å². The largest absolute Gasteiger partial charge is 0.311 e. The number of nitrogens with one attached hydrogen (secondary N) is 1. The molecule has 2 heteroatoms. The van der Waals surface area contributed by atoms with Crippen molar-refractivity contribution in [2.24, 2.45) is 11.8 Å². The van der Waals surface area contributed by atoms with E-state index in [1.807, 2.05) is 0 Å². The first kappa shape index (κ1) is 15.0. The van der Waals surface area contributed by atoms with Gasteiger partial charge in [-0.1, -0.05) is 27.7 Å². The number of nitrogens with zero attached hydrogens (tertiary/aromatic N) is 1. The number of rotatable bonds is 4. The van der Waals surface area contributed by atoms with Crippen LogP contribution in [0, 0.1) is 11.8 Å². The van der Waals surface area contributed by atoms with E-state index in [0.29, 0.717) is 18.1 Å². The second kappa shape index (κ2) is 6.75. The SMILES string of the molecule is CC(C)NC1CCN(C(C)C)CC[C@H]1C(C)C. The zero-order valence-electron chi connectivity index (χ0n) is 12.7. The Morgan fingerprint density at radius 2 is 1.53 bits per heavy atom. The molecule has 1 aliphatic rings. The van der Waals surface area contributed by atoms with Crippen molar-refractivity contribution in [2.75, 3.05) is 13.1 Å². The Kier molecular flexibility index (Phi) is 5.94. The molecule has 0 aliphatic carbocycles. The molecule has 1 rings (SSSR count). The van der Waals surface area contributed by atoms with E-state index >= 15 is 0 Å². The summed E-state index contributed by atoms with van der Waals surface area (Å²) in [6, 6.07) is 2.01. The fourth-order valence-electron chi connectivity index (χ4n) is 3.10. The molecule has 2 atom stereocenters. The van der Waals surface area contributed by atoms with Gasteiger partial charge in [0, 0.05) is 18.1 Å². The van der Waals surface area contributed by atoms with E-state index in [-0.39, 0.29) is 0 Å². The molecular formula is C15H32N2. The van der Waals surface area contributed by atoms with E-state index in [0.717, 1.165) is 11.8 Å². The van der Waals surface area contributed by atoms with Gasteiger partial charge in [0.15, 0.2) is 0 Å². The van der Waals surface area contributed by atoms with Crippen LogP contribution in [0.25, 0.3) is 0 Å². The van der Waals surface area contributed by atoms with Crippen molar-refractivity contribution in [1.29, 1.82) is 0 Å². The summed E-state index contributed by atoms with van der Waals surface area (Å²) in [5.74, 6) is 1.62. The van der Waals surface area contributed by atoms with Crippen molar-refractivity contribution in [2.45, 2.75) is 72.5 Å². The second-order valence-corrected chi connectivity index (χ2v) is 6.54. The van der Waals surface area contributed by atoms with E-state index in [2.05, 4.69) is 51.8 Å². The Morgan fingerprint density at radius 3 is 2.00 bits per heavy atom. The molecule has 102 valence electrons. The summed E-state index contributed by atoms with van der Waals surface area (Å²) < 4.78 is 0. The first-order valence-corrected chi connectivity index (χ1v) is 7.42. The smallest absolute Gasteiger partial charge is 0.0113 e. The zero-order valence-corrected chi connectivity index (χ0v) is 12.7. The maximum Gasteiger partial charge on any atom is 0.0113 e. The van der Waals surface area contributed by atoms with Gasteiger partial charge in [0.05, 0.1) is 0 Å². The molecule has 1 N–H and O–H groups in total. The first-order chi connectivity index (χ1) is 7.91. The fraction of sp³-hybridized carbons (Fsp3) is 1.00. The number of hydrogen-bond donors (Lipinski definition) is 1. The second-order valence-electron chi connectivity index (χ2n) is 6.54. The topological polar surface area (TPSA) is 15.3 Å². The minimum absolute atomic E-state index is 0.604. The highest BCUT2D eigenvalue weighted by Crippen LogP contribution is 2.26. The molecule has 1 aliphatic heterocycles. The third kappa shape index (κ3) is 4.59. The Hall–Kier alpha value is -0.0800. The molecule has 0 saturated carbocycles. The van der Waals surface area contributed by atoms with Crippen LogP contribution in [0.15, 0.2) is 0 Å². The standard InChI is InChI=1S/C15H32N2/c1-11(2)14-7-9-17(13(5)6)10-8-15(14)16-12(3)4/h11-16H,7-10H2,1-6H3/t14-,15?/m0/s1. The molecule has 2 nitrogen and oxygen atoms in total. The van der Waals surface area contributed by atoms with Gasteiger partial charge in [-0.15, -0.1) is 0 Å². The summed E-state index contributed by atoms with van der Waals surface area (Å²) >= 11 is 0. The molecule has 0 spiro atoms. The maximum atomic E-state index is 3.79. The minimum atomic E-state index is 0.604. The zero-order chi connectivity index (χ0) is 13.0. The highest BCUT2D eigenvalue weighted by Gasteiger charge is 2.29. The third-order valence-electron chi connectivity index (χ3n) is 4.13. The van der Waals surface area contributed by atoms with Gasteiger partial charge in [0.2, 0.25) is 0 Å². The van der Waals surface area contributed by atoms with E-state index in [9.17, 15) is 0 Å². The molecule has 1 saturated heterocycles. The lowest BCUT2D eigenvalue weighted by atomic mass is 9.84. The quantitative estimate of drug-likeness (QED) is 0.812. The molecule has 0 aromatic carbocycles. The van der Waals surface area contributed by atoms with Crippen LogP contribution in [0.2, 0.25) is 0 Å². The summed E-state index contributed by atoms with van der Waals surface area (Å²) in [5.41, 5.74) is 0. The third-order valence-corrected chi connectivity index (χ3v) is 4.13. The normalized spacial score (nSPS) is 28.1.